The van der Waals surface area contributed by atoms with Crippen LogP contribution in [0.5, 0.6) is 0 Å². The second-order valence-electron chi connectivity index (χ2n) is 7.52. The van der Waals surface area contributed by atoms with Gasteiger partial charge in [0.05, 0.1) is 6.04 Å². The Morgan fingerprint density at radius 1 is 1.00 bits per heavy atom. The quantitative estimate of drug-likeness (QED) is 0.801. The molecule has 150 valence electrons. The number of anilines is 2. The van der Waals surface area contributed by atoms with E-state index in [2.05, 4.69) is 88.7 Å². The van der Waals surface area contributed by atoms with Crippen LogP contribution in [0.15, 0.2) is 54.6 Å². The number of carbonyl (C=O) groups excluding carboxylic acids is 1. The number of carbonyl (C=O) groups is 1. The van der Waals surface area contributed by atoms with Gasteiger partial charge in [-0.3, -0.25) is 9.69 Å². The van der Waals surface area contributed by atoms with Crippen molar-refractivity contribution in [2.24, 2.45) is 0 Å². The molecule has 1 fully saturated rings. The predicted molar refractivity (Wildman–Crippen MR) is 117 cm³/mol. The van der Waals surface area contributed by atoms with Crippen molar-refractivity contribution >= 4 is 17.3 Å². The number of hydrogen-bond acceptors (Lipinski definition) is 4. The number of nitrogens with one attached hydrogen (secondary N) is 1. The molecule has 1 N–H and O–H groups in total. The van der Waals surface area contributed by atoms with E-state index in [1.807, 2.05) is 6.92 Å². The fraction of sp³-hybridized carbons (Fsp3) is 0.435. The van der Waals surface area contributed by atoms with Crippen LogP contribution < -0.4 is 15.1 Å². The Kier molecular flexibility index (Phi) is 6.93. The number of hydrogen-bond donors (Lipinski definition) is 1. The van der Waals surface area contributed by atoms with Crippen LogP contribution in [0.3, 0.4) is 0 Å². The Balaban J connectivity index is 1.71. The molecule has 1 heterocycles. The van der Waals surface area contributed by atoms with Crippen molar-refractivity contribution in [3.05, 3.63) is 60.2 Å². The second kappa shape index (κ2) is 9.60. The van der Waals surface area contributed by atoms with Gasteiger partial charge in [-0.1, -0.05) is 37.3 Å². The standard InChI is InChI=1S/C23H32N4O/c1-4-23(28)24-18-22(19-10-12-20(13-11-19)25(2)3)27-16-14-26(15-17-27)21-8-6-5-7-9-21/h5-13,22H,4,14-18H2,1-3H3,(H,24,28)/t22-/m1/s1. The lowest BCUT2D eigenvalue weighted by atomic mass is 10.0. The highest BCUT2D eigenvalue weighted by atomic mass is 16.1. The summed E-state index contributed by atoms with van der Waals surface area (Å²) in [6, 6.07) is 19.5. The van der Waals surface area contributed by atoms with Crippen LogP contribution in [0, 0.1) is 0 Å². The Morgan fingerprint density at radius 2 is 1.64 bits per heavy atom. The monoisotopic (exact) mass is 380 g/mol. The first-order valence-corrected chi connectivity index (χ1v) is 10.2. The highest BCUT2D eigenvalue weighted by Gasteiger charge is 2.25. The van der Waals surface area contributed by atoms with Gasteiger partial charge in [-0.15, -0.1) is 0 Å². The highest BCUT2D eigenvalue weighted by molar-refractivity contribution is 5.75. The molecule has 3 rings (SSSR count). The molecule has 1 aliphatic rings. The van der Waals surface area contributed by atoms with Crippen LogP contribution >= 0.6 is 0 Å². The molecular weight excluding hydrogens is 348 g/mol. The minimum Gasteiger partial charge on any atom is -0.378 e. The number of rotatable bonds is 7. The topological polar surface area (TPSA) is 38.8 Å². The van der Waals surface area contributed by atoms with Gasteiger partial charge in [0, 0.05) is 64.6 Å². The third kappa shape index (κ3) is 5.04. The van der Waals surface area contributed by atoms with Crippen molar-refractivity contribution in [1.82, 2.24) is 10.2 Å². The average Bonchev–Trinajstić information content (AvgIpc) is 2.75. The Morgan fingerprint density at radius 3 is 2.21 bits per heavy atom. The minimum absolute atomic E-state index is 0.109. The normalized spacial score (nSPS) is 15.9. The van der Waals surface area contributed by atoms with Crippen molar-refractivity contribution < 1.29 is 4.79 Å². The van der Waals surface area contributed by atoms with Crippen molar-refractivity contribution in [1.29, 1.82) is 0 Å². The van der Waals surface area contributed by atoms with Crippen LogP contribution in [0.2, 0.25) is 0 Å². The van der Waals surface area contributed by atoms with E-state index < -0.39 is 0 Å². The first-order chi connectivity index (χ1) is 13.6. The minimum atomic E-state index is 0.109. The van der Waals surface area contributed by atoms with Gasteiger partial charge in [-0.25, -0.2) is 0 Å². The second-order valence-corrected chi connectivity index (χ2v) is 7.52. The zero-order valence-corrected chi connectivity index (χ0v) is 17.3. The van der Waals surface area contributed by atoms with E-state index in [9.17, 15) is 4.79 Å². The molecule has 1 atom stereocenters. The van der Waals surface area contributed by atoms with Gasteiger partial charge >= 0.3 is 0 Å². The first kappa shape index (κ1) is 20.2. The molecule has 5 heteroatoms. The van der Waals surface area contributed by atoms with Gasteiger partial charge in [-0.05, 0) is 29.8 Å². The van der Waals surface area contributed by atoms with E-state index in [4.69, 9.17) is 0 Å². The Labute approximate surface area is 168 Å². The smallest absolute Gasteiger partial charge is 0.219 e. The summed E-state index contributed by atoms with van der Waals surface area (Å²) in [5, 5.41) is 3.10. The number of benzene rings is 2. The van der Waals surface area contributed by atoms with E-state index in [0.717, 1.165) is 26.2 Å². The van der Waals surface area contributed by atoms with Gasteiger partial charge in [0.2, 0.25) is 5.91 Å². The van der Waals surface area contributed by atoms with Gasteiger partial charge in [0.1, 0.15) is 0 Å². The van der Waals surface area contributed by atoms with Crippen molar-refractivity contribution in [2.45, 2.75) is 19.4 Å². The number of para-hydroxylation sites is 1. The summed E-state index contributed by atoms with van der Waals surface area (Å²) in [4.78, 5) is 18.9. The van der Waals surface area contributed by atoms with Crippen molar-refractivity contribution in [2.75, 3.05) is 56.6 Å². The molecule has 0 saturated carbocycles. The molecule has 0 radical (unpaired) electrons. The summed E-state index contributed by atoms with van der Waals surface area (Å²) in [6.07, 6.45) is 0.522. The maximum atomic E-state index is 11.9. The first-order valence-electron chi connectivity index (χ1n) is 10.2. The molecule has 0 aromatic heterocycles. The van der Waals surface area contributed by atoms with Crippen LogP contribution in [-0.4, -0.2) is 57.6 Å². The van der Waals surface area contributed by atoms with Gasteiger partial charge in [0.25, 0.3) is 0 Å². The Hall–Kier alpha value is -2.53. The van der Waals surface area contributed by atoms with E-state index in [0.29, 0.717) is 13.0 Å². The molecule has 2 aromatic rings. The molecule has 0 spiro atoms. The lowest BCUT2D eigenvalue weighted by Crippen LogP contribution is -2.49. The maximum absolute atomic E-state index is 11.9. The summed E-state index contributed by atoms with van der Waals surface area (Å²) in [6.45, 7) is 6.51. The summed E-state index contributed by atoms with van der Waals surface area (Å²) in [7, 11) is 4.10. The van der Waals surface area contributed by atoms with Crippen LogP contribution in [0.1, 0.15) is 24.9 Å². The van der Waals surface area contributed by atoms with E-state index in [1.54, 1.807) is 0 Å². The van der Waals surface area contributed by atoms with E-state index >= 15 is 0 Å². The molecule has 0 aliphatic carbocycles. The Bertz CT molecular complexity index is 737. The lowest BCUT2D eigenvalue weighted by molar-refractivity contribution is -0.121. The SMILES string of the molecule is CCC(=O)NC[C@H](c1ccc(N(C)C)cc1)N1CCN(c2ccccc2)CC1. The van der Waals surface area contributed by atoms with Crippen LogP contribution in [0.4, 0.5) is 11.4 Å². The molecule has 1 saturated heterocycles. The summed E-state index contributed by atoms with van der Waals surface area (Å²) in [5.41, 5.74) is 3.73. The largest absolute Gasteiger partial charge is 0.378 e. The maximum Gasteiger partial charge on any atom is 0.219 e. The zero-order chi connectivity index (χ0) is 19.9. The highest BCUT2D eigenvalue weighted by Crippen LogP contribution is 2.25. The fourth-order valence-electron chi connectivity index (χ4n) is 3.72. The molecule has 5 nitrogen and oxygen atoms in total. The molecule has 0 bridgehead atoms. The molecule has 28 heavy (non-hydrogen) atoms. The molecular formula is C23H32N4O. The third-order valence-electron chi connectivity index (χ3n) is 5.48. The fourth-order valence-corrected chi connectivity index (χ4v) is 3.72. The van der Waals surface area contributed by atoms with Crippen molar-refractivity contribution in [3.8, 4) is 0 Å². The predicted octanol–water partition coefficient (Wildman–Crippen LogP) is 3.14. The van der Waals surface area contributed by atoms with Crippen molar-refractivity contribution in [3.63, 3.8) is 0 Å². The molecule has 1 amide bonds. The summed E-state index contributed by atoms with van der Waals surface area (Å²) < 4.78 is 0. The number of amides is 1. The van der Waals surface area contributed by atoms with E-state index in [-0.39, 0.29) is 11.9 Å². The van der Waals surface area contributed by atoms with E-state index in [1.165, 1.54) is 16.9 Å². The number of piperazine rings is 1. The lowest BCUT2D eigenvalue weighted by Gasteiger charge is -2.40. The van der Waals surface area contributed by atoms with Crippen LogP contribution in [-0.2, 0) is 4.79 Å². The molecule has 2 aromatic carbocycles. The summed E-state index contributed by atoms with van der Waals surface area (Å²) in [5.74, 6) is 0.109. The van der Waals surface area contributed by atoms with Gasteiger partial charge in [-0.2, -0.15) is 0 Å². The number of nitrogens with zero attached hydrogens (tertiary/aromatic N) is 3. The van der Waals surface area contributed by atoms with Gasteiger partial charge in [0.15, 0.2) is 0 Å². The average molecular weight is 381 g/mol. The van der Waals surface area contributed by atoms with Gasteiger partial charge < -0.3 is 15.1 Å². The van der Waals surface area contributed by atoms with Crippen LogP contribution in [0.25, 0.3) is 0 Å². The molecule has 1 aliphatic heterocycles. The third-order valence-corrected chi connectivity index (χ3v) is 5.48. The summed E-state index contributed by atoms with van der Waals surface area (Å²) >= 11 is 0. The molecule has 0 unspecified atom stereocenters. The zero-order valence-electron chi connectivity index (χ0n) is 17.3.